The fourth-order valence-electron chi connectivity index (χ4n) is 3.39. The predicted octanol–water partition coefficient (Wildman–Crippen LogP) is 5.13. The number of anilines is 2. The van der Waals surface area contributed by atoms with Gasteiger partial charge in [0, 0.05) is 17.3 Å². The summed E-state index contributed by atoms with van der Waals surface area (Å²) in [5.74, 6) is 0. The smallest absolute Gasteiger partial charge is 0.0570 e. The van der Waals surface area contributed by atoms with Gasteiger partial charge in [-0.3, -0.25) is 4.98 Å². The molecule has 0 aliphatic heterocycles. The molecule has 0 radical (unpaired) electrons. The van der Waals surface area contributed by atoms with Crippen LogP contribution in [0.5, 0.6) is 0 Å². The summed E-state index contributed by atoms with van der Waals surface area (Å²) >= 11 is 0. The predicted molar refractivity (Wildman–Crippen MR) is 91.5 cm³/mol. The van der Waals surface area contributed by atoms with E-state index in [1.165, 1.54) is 22.3 Å². The minimum Gasteiger partial charge on any atom is -0.354 e. The summed E-state index contributed by atoms with van der Waals surface area (Å²) in [4.78, 5) is 4.15. The Hall–Kier alpha value is -2.61. The van der Waals surface area contributed by atoms with Crippen LogP contribution >= 0.6 is 0 Å². The monoisotopic (exact) mass is 286 g/mol. The molecule has 0 unspecified atom stereocenters. The Balaban J connectivity index is 1.79. The SMILES string of the molecule is CC1(C)c2ccccc2-c2ccc(Nc3cccnc3)cc21. The van der Waals surface area contributed by atoms with Gasteiger partial charge < -0.3 is 5.32 Å². The Morgan fingerprint density at radius 3 is 2.45 bits per heavy atom. The van der Waals surface area contributed by atoms with Crippen LogP contribution in [0.4, 0.5) is 11.4 Å². The summed E-state index contributed by atoms with van der Waals surface area (Å²) in [5, 5.41) is 3.44. The highest BCUT2D eigenvalue weighted by Gasteiger charge is 2.35. The van der Waals surface area contributed by atoms with E-state index >= 15 is 0 Å². The number of rotatable bonds is 2. The lowest BCUT2D eigenvalue weighted by Crippen LogP contribution is -2.15. The molecular formula is C20H18N2. The second kappa shape index (κ2) is 4.70. The van der Waals surface area contributed by atoms with Crippen LogP contribution in [0.1, 0.15) is 25.0 Å². The van der Waals surface area contributed by atoms with Crippen LogP contribution in [0.25, 0.3) is 11.1 Å². The van der Waals surface area contributed by atoms with Crippen LogP contribution in [-0.2, 0) is 5.41 Å². The Morgan fingerprint density at radius 2 is 1.64 bits per heavy atom. The molecule has 0 amide bonds. The topological polar surface area (TPSA) is 24.9 Å². The van der Waals surface area contributed by atoms with Crippen LogP contribution in [-0.4, -0.2) is 4.98 Å². The number of nitrogens with zero attached hydrogens (tertiary/aromatic N) is 1. The zero-order valence-electron chi connectivity index (χ0n) is 12.8. The van der Waals surface area contributed by atoms with Crippen molar-refractivity contribution in [2.45, 2.75) is 19.3 Å². The molecule has 1 aromatic heterocycles. The highest BCUT2D eigenvalue weighted by Crippen LogP contribution is 2.49. The summed E-state index contributed by atoms with van der Waals surface area (Å²) in [7, 11) is 0. The molecule has 3 aromatic rings. The molecule has 2 heteroatoms. The second-order valence-corrected chi connectivity index (χ2v) is 6.30. The summed E-state index contributed by atoms with van der Waals surface area (Å²) in [6.07, 6.45) is 3.63. The van der Waals surface area contributed by atoms with Gasteiger partial charge in [0.05, 0.1) is 11.9 Å². The van der Waals surface area contributed by atoms with Gasteiger partial charge >= 0.3 is 0 Å². The first kappa shape index (κ1) is 13.1. The molecule has 0 saturated heterocycles. The Kier molecular flexibility index (Phi) is 2.80. The van der Waals surface area contributed by atoms with Crippen molar-refractivity contribution in [3.63, 3.8) is 0 Å². The highest BCUT2D eigenvalue weighted by molar-refractivity contribution is 5.82. The normalized spacial score (nSPS) is 14.3. The van der Waals surface area contributed by atoms with E-state index in [1.807, 2.05) is 18.3 Å². The van der Waals surface area contributed by atoms with Gasteiger partial charge in [-0.15, -0.1) is 0 Å². The van der Waals surface area contributed by atoms with Gasteiger partial charge in [0.15, 0.2) is 0 Å². The van der Waals surface area contributed by atoms with Gasteiger partial charge in [0.2, 0.25) is 0 Å². The summed E-state index contributed by atoms with van der Waals surface area (Å²) in [5.41, 5.74) is 7.64. The molecule has 1 heterocycles. The van der Waals surface area contributed by atoms with E-state index in [1.54, 1.807) is 6.20 Å². The molecule has 0 atom stereocenters. The molecule has 2 nitrogen and oxygen atoms in total. The molecule has 108 valence electrons. The standard InChI is InChI=1S/C20H18N2/c1-20(2)18-8-4-3-7-16(18)17-10-9-14(12-19(17)20)22-15-6-5-11-21-13-15/h3-13,22H,1-2H3. The molecule has 4 rings (SSSR count). The maximum absolute atomic E-state index is 4.15. The van der Waals surface area contributed by atoms with Crippen molar-refractivity contribution in [3.8, 4) is 11.1 Å². The maximum atomic E-state index is 4.15. The molecule has 0 fully saturated rings. The molecule has 0 bridgehead atoms. The van der Waals surface area contributed by atoms with E-state index in [2.05, 4.69) is 66.6 Å². The van der Waals surface area contributed by atoms with Gasteiger partial charge in [-0.05, 0) is 46.5 Å². The molecule has 1 aliphatic rings. The quantitative estimate of drug-likeness (QED) is 0.706. The summed E-state index contributed by atoms with van der Waals surface area (Å²) in [6, 6.07) is 19.3. The lowest BCUT2D eigenvalue weighted by Gasteiger charge is -2.22. The van der Waals surface area contributed by atoms with E-state index in [-0.39, 0.29) is 5.41 Å². The number of hydrogen-bond donors (Lipinski definition) is 1. The Bertz CT molecular complexity index is 835. The number of aromatic nitrogens is 1. The van der Waals surface area contributed by atoms with Crippen molar-refractivity contribution in [1.82, 2.24) is 4.98 Å². The first-order valence-corrected chi connectivity index (χ1v) is 7.58. The Morgan fingerprint density at radius 1 is 0.818 bits per heavy atom. The van der Waals surface area contributed by atoms with Crippen molar-refractivity contribution < 1.29 is 0 Å². The fourth-order valence-corrected chi connectivity index (χ4v) is 3.39. The number of pyridine rings is 1. The third-order valence-electron chi connectivity index (χ3n) is 4.53. The summed E-state index contributed by atoms with van der Waals surface area (Å²) in [6.45, 7) is 4.59. The van der Waals surface area contributed by atoms with Crippen molar-refractivity contribution >= 4 is 11.4 Å². The van der Waals surface area contributed by atoms with Gasteiger partial charge in [0.1, 0.15) is 0 Å². The molecule has 1 N–H and O–H groups in total. The van der Waals surface area contributed by atoms with Gasteiger partial charge in [-0.1, -0.05) is 44.2 Å². The zero-order chi connectivity index (χ0) is 15.2. The van der Waals surface area contributed by atoms with Crippen LogP contribution in [0.3, 0.4) is 0 Å². The largest absolute Gasteiger partial charge is 0.354 e. The van der Waals surface area contributed by atoms with Gasteiger partial charge in [-0.25, -0.2) is 0 Å². The second-order valence-electron chi connectivity index (χ2n) is 6.30. The summed E-state index contributed by atoms with van der Waals surface area (Å²) < 4.78 is 0. The molecule has 1 aliphatic carbocycles. The lowest BCUT2D eigenvalue weighted by molar-refractivity contribution is 0.660. The van der Waals surface area contributed by atoms with Crippen LogP contribution < -0.4 is 5.32 Å². The van der Waals surface area contributed by atoms with E-state index < -0.39 is 0 Å². The van der Waals surface area contributed by atoms with Gasteiger partial charge in [-0.2, -0.15) is 0 Å². The van der Waals surface area contributed by atoms with Gasteiger partial charge in [0.25, 0.3) is 0 Å². The van der Waals surface area contributed by atoms with Crippen LogP contribution in [0, 0.1) is 0 Å². The average molecular weight is 286 g/mol. The first-order chi connectivity index (χ1) is 10.7. The minimum absolute atomic E-state index is 0.0402. The minimum atomic E-state index is 0.0402. The Labute approximate surface area is 130 Å². The molecule has 2 aromatic carbocycles. The van der Waals surface area contributed by atoms with Crippen molar-refractivity contribution in [2.75, 3.05) is 5.32 Å². The first-order valence-electron chi connectivity index (χ1n) is 7.58. The van der Waals surface area contributed by atoms with E-state index in [9.17, 15) is 0 Å². The van der Waals surface area contributed by atoms with Crippen molar-refractivity contribution in [2.24, 2.45) is 0 Å². The molecule has 0 spiro atoms. The van der Waals surface area contributed by atoms with Crippen molar-refractivity contribution in [3.05, 3.63) is 78.1 Å². The van der Waals surface area contributed by atoms with Crippen LogP contribution in [0.2, 0.25) is 0 Å². The third-order valence-corrected chi connectivity index (χ3v) is 4.53. The third kappa shape index (κ3) is 1.92. The number of hydrogen-bond acceptors (Lipinski definition) is 2. The number of nitrogens with one attached hydrogen (secondary N) is 1. The molecule has 22 heavy (non-hydrogen) atoms. The zero-order valence-corrected chi connectivity index (χ0v) is 12.8. The highest BCUT2D eigenvalue weighted by atomic mass is 14.9. The molecule has 0 saturated carbocycles. The number of benzene rings is 2. The van der Waals surface area contributed by atoms with E-state index in [0.717, 1.165) is 11.4 Å². The fraction of sp³-hybridized carbons (Fsp3) is 0.150. The van der Waals surface area contributed by atoms with E-state index in [0.29, 0.717) is 0 Å². The van der Waals surface area contributed by atoms with Crippen molar-refractivity contribution in [1.29, 1.82) is 0 Å². The molecular weight excluding hydrogens is 268 g/mol. The average Bonchev–Trinajstić information content (AvgIpc) is 2.77. The van der Waals surface area contributed by atoms with E-state index in [4.69, 9.17) is 0 Å². The maximum Gasteiger partial charge on any atom is 0.0570 e. The number of fused-ring (bicyclic) bond motifs is 3. The van der Waals surface area contributed by atoms with Crippen LogP contribution in [0.15, 0.2) is 67.0 Å². The lowest BCUT2D eigenvalue weighted by atomic mass is 9.82.